The van der Waals surface area contributed by atoms with Gasteiger partial charge in [-0.15, -0.1) is 11.8 Å². The van der Waals surface area contributed by atoms with Gasteiger partial charge in [-0.05, 0) is 50.6 Å². The number of rotatable bonds is 6. The van der Waals surface area contributed by atoms with Crippen LogP contribution in [-0.2, 0) is 0 Å². The summed E-state index contributed by atoms with van der Waals surface area (Å²) in [5, 5.41) is 0. The van der Waals surface area contributed by atoms with E-state index in [0.29, 0.717) is 5.92 Å². The number of thioether (sulfide) groups is 1. The standard InChI is InChI=1S/C13H21NOS/c1-10(2)15-12-4-6-13(7-5-12)16-9-11(3)8-14/h4-7,10-11H,8-9,14H2,1-3H3. The average molecular weight is 239 g/mol. The van der Waals surface area contributed by atoms with Gasteiger partial charge in [0.25, 0.3) is 0 Å². The second-order valence-electron chi connectivity index (χ2n) is 4.29. The zero-order valence-corrected chi connectivity index (χ0v) is 11.1. The van der Waals surface area contributed by atoms with Gasteiger partial charge in [-0.25, -0.2) is 0 Å². The summed E-state index contributed by atoms with van der Waals surface area (Å²) in [7, 11) is 0. The number of ether oxygens (including phenoxy) is 1. The molecule has 0 aliphatic heterocycles. The van der Waals surface area contributed by atoms with E-state index in [-0.39, 0.29) is 6.10 Å². The van der Waals surface area contributed by atoms with Crippen molar-refractivity contribution in [2.45, 2.75) is 31.8 Å². The molecule has 2 N–H and O–H groups in total. The van der Waals surface area contributed by atoms with Crippen LogP contribution in [0.25, 0.3) is 0 Å². The van der Waals surface area contributed by atoms with E-state index in [1.54, 1.807) is 0 Å². The van der Waals surface area contributed by atoms with E-state index in [9.17, 15) is 0 Å². The van der Waals surface area contributed by atoms with E-state index in [1.807, 2.05) is 37.7 Å². The number of hydrogen-bond donors (Lipinski definition) is 1. The lowest BCUT2D eigenvalue weighted by molar-refractivity contribution is 0.242. The zero-order valence-electron chi connectivity index (χ0n) is 10.3. The third-order valence-corrected chi connectivity index (χ3v) is 3.47. The summed E-state index contributed by atoms with van der Waals surface area (Å²) in [5.74, 6) is 2.57. The monoisotopic (exact) mass is 239 g/mol. The molecule has 1 aromatic carbocycles. The van der Waals surface area contributed by atoms with Gasteiger partial charge in [0.05, 0.1) is 6.10 Å². The molecule has 0 heterocycles. The molecule has 3 heteroatoms. The number of hydrogen-bond acceptors (Lipinski definition) is 3. The lowest BCUT2D eigenvalue weighted by Gasteiger charge is -2.11. The highest BCUT2D eigenvalue weighted by Crippen LogP contribution is 2.23. The average Bonchev–Trinajstić information content (AvgIpc) is 2.27. The molecule has 0 fully saturated rings. The fraction of sp³-hybridized carbons (Fsp3) is 0.538. The molecule has 0 radical (unpaired) electrons. The summed E-state index contributed by atoms with van der Waals surface area (Å²) < 4.78 is 5.59. The van der Waals surface area contributed by atoms with Crippen molar-refractivity contribution in [3.05, 3.63) is 24.3 Å². The summed E-state index contributed by atoms with van der Waals surface area (Å²) in [6.07, 6.45) is 0.232. The first kappa shape index (κ1) is 13.4. The Hall–Kier alpha value is -0.670. The van der Waals surface area contributed by atoms with Gasteiger partial charge in [-0.3, -0.25) is 0 Å². The van der Waals surface area contributed by atoms with Crippen LogP contribution in [0.15, 0.2) is 29.2 Å². The molecule has 1 rings (SSSR count). The minimum atomic E-state index is 0.232. The van der Waals surface area contributed by atoms with Crippen LogP contribution in [0.1, 0.15) is 20.8 Å². The molecule has 1 unspecified atom stereocenters. The van der Waals surface area contributed by atoms with Crippen molar-refractivity contribution >= 4 is 11.8 Å². The molecule has 1 atom stereocenters. The third kappa shape index (κ3) is 4.90. The number of nitrogens with two attached hydrogens (primary N) is 1. The Morgan fingerprint density at radius 3 is 2.31 bits per heavy atom. The minimum absolute atomic E-state index is 0.232. The smallest absolute Gasteiger partial charge is 0.119 e. The highest BCUT2D eigenvalue weighted by atomic mass is 32.2. The minimum Gasteiger partial charge on any atom is -0.491 e. The third-order valence-electron chi connectivity index (χ3n) is 2.13. The van der Waals surface area contributed by atoms with Crippen molar-refractivity contribution in [1.29, 1.82) is 0 Å². The van der Waals surface area contributed by atoms with Crippen LogP contribution in [0.5, 0.6) is 5.75 Å². The van der Waals surface area contributed by atoms with E-state index in [0.717, 1.165) is 18.0 Å². The largest absolute Gasteiger partial charge is 0.491 e. The van der Waals surface area contributed by atoms with E-state index >= 15 is 0 Å². The Bertz CT molecular complexity index is 297. The van der Waals surface area contributed by atoms with Gasteiger partial charge in [0.15, 0.2) is 0 Å². The van der Waals surface area contributed by atoms with Crippen LogP contribution in [0, 0.1) is 5.92 Å². The summed E-state index contributed by atoms with van der Waals surface area (Å²) in [6, 6.07) is 8.25. The first-order valence-corrected chi connectivity index (χ1v) is 6.70. The number of benzene rings is 1. The van der Waals surface area contributed by atoms with E-state index < -0.39 is 0 Å². The Kier molecular flexibility index (Phi) is 5.71. The van der Waals surface area contributed by atoms with Crippen LogP contribution in [0.2, 0.25) is 0 Å². The fourth-order valence-corrected chi connectivity index (χ4v) is 2.13. The normalized spacial score (nSPS) is 12.8. The van der Waals surface area contributed by atoms with E-state index in [2.05, 4.69) is 19.1 Å². The molecule has 90 valence electrons. The van der Waals surface area contributed by atoms with Crippen molar-refractivity contribution in [2.75, 3.05) is 12.3 Å². The zero-order chi connectivity index (χ0) is 12.0. The van der Waals surface area contributed by atoms with Gasteiger partial charge in [0.2, 0.25) is 0 Å². The van der Waals surface area contributed by atoms with Gasteiger partial charge in [0, 0.05) is 10.6 Å². The van der Waals surface area contributed by atoms with E-state index in [4.69, 9.17) is 10.5 Å². The second kappa shape index (κ2) is 6.81. The molecule has 0 saturated carbocycles. The SMILES string of the molecule is CC(CN)CSc1ccc(OC(C)C)cc1. The van der Waals surface area contributed by atoms with Gasteiger partial charge in [-0.1, -0.05) is 6.92 Å². The maximum atomic E-state index is 5.59. The van der Waals surface area contributed by atoms with Crippen LogP contribution < -0.4 is 10.5 Å². The Labute approximate surface area is 103 Å². The summed E-state index contributed by atoms with van der Waals surface area (Å²) >= 11 is 1.85. The van der Waals surface area contributed by atoms with Crippen molar-refractivity contribution in [3.8, 4) is 5.75 Å². The van der Waals surface area contributed by atoms with Gasteiger partial charge < -0.3 is 10.5 Å². The lowest BCUT2D eigenvalue weighted by atomic mass is 10.2. The summed E-state index contributed by atoms with van der Waals surface area (Å²) in [6.45, 7) is 6.99. The predicted octanol–water partition coefficient (Wildman–Crippen LogP) is 3.16. The van der Waals surface area contributed by atoms with Crippen LogP contribution in [-0.4, -0.2) is 18.4 Å². The molecule has 0 saturated heterocycles. The lowest BCUT2D eigenvalue weighted by Crippen LogP contribution is -2.12. The topological polar surface area (TPSA) is 35.2 Å². The summed E-state index contributed by atoms with van der Waals surface area (Å²) in [4.78, 5) is 1.27. The highest BCUT2D eigenvalue weighted by molar-refractivity contribution is 7.99. The molecule has 0 aromatic heterocycles. The molecule has 0 amide bonds. The van der Waals surface area contributed by atoms with Gasteiger partial charge in [-0.2, -0.15) is 0 Å². The Morgan fingerprint density at radius 1 is 1.19 bits per heavy atom. The molecular weight excluding hydrogens is 218 g/mol. The predicted molar refractivity (Wildman–Crippen MR) is 71.1 cm³/mol. The first-order valence-electron chi connectivity index (χ1n) is 5.71. The van der Waals surface area contributed by atoms with E-state index in [1.165, 1.54) is 4.90 Å². The van der Waals surface area contributed by atoms with Crippen LogP contribution in [0.4, 0.5) is 0 Å². The molecule has 0 aliphatic rings. The van der Waals surface area contributed by atoms with Crippen LogP contribution in [0.3, 0.4) is 0 Å². The van der Waals surface area contributed by atoms with Gasteiger partial charge >= 0.3 is 0 Å². The molecule has 0 spiro atoms. The van der Waals surface area contributed by atoms with Crippen LogP contribution >= 0.6 is 11.8 Å². The van der Waals surface area contributed by atoms with Crippen molar-refractivity contribution in [2.24, 2.45) is 11.7 Å². The Morgan fingerprint density at radius 2 is 1.81 bits per heavy atom. The molecule has 0 bridgehead atoms. The maximum absolute atomic E-state index is 5.59. The first-order chi connectivity index (χ1) is 7.61. The Balaban J connectivity index is 2.45. The molecular formula is C13H21NOS. The molecule has 1 aromatic rings. The van der Waals surface area contributed by atoms with Crippen molar-refractivity contribution in [1.82, 2.24) is 0 Å². The van der Waals surface area contributed by atoms with Crippen molar-refractivity contribution in [3.63, 3.8) is 0 Å². The maximum Gasteiger partial charge on any atom is 0.119 e. The molecule has 16 heavy (non-hydrogen) atoms. The summed E-state index contributed by atoms with van der Waals surface area (Å²) in [5.41, 5.74) is 5.58. The molecule has 2 nitrogen and oxygen atoms in total. The fourth-order valence-electron chi connectivity index (χ4n) is 1.19. The van der Waals surface area contributed by atoms with Crippen molar-refractivity contribution < 1.29 is 4.74 Å². The quantitative estimate of drug-likeness (QED) is 0.774. The second-order valence-corrected chi connectivity index (χ2v) is 5.38. The van der Waals surface area contributed by atoms with Gasteiger partial charge in [0.1, 0.15) is 5.75 Å². The molecule has 0 aliphatic carbocycles. The highest BCUT2D eigenvalue weighted by Gasteiger charge is 2.02.